The molecule has 60 valence electrons. The molecule has 0 radical (unpaired) electrons. The largest absolute Gasteiger partial charge is 0.476 e. The summed E-state index contributed by atoms with van der Waals surface area (Å²) in [5.74, 6) is -0.408. The highest BCUT2D eigenvalue weighted by molar-refractivity contribution is 5.84. The second-order valence-corrected chi connectivity index (χ2v) is 2.08. The summed E-state index contributed by atoms with van der Waals surface area (Å²) in [4.78, 5) is 16.8. The average Bonchev–Trinajstić information content (AvgIpc) is 2.37. The van der Waals surface area contributed by atoms with Crippen LogP contribution in [0.2, 0.25) is 0 Å². The molecule has 0 bridgehead atoms. The first-order valence-electron chi connectivity index (χ1n) is 3.21. The Labute approximate surface area is 63.3 Å². The summed E-state index contributed by atoms with van der Waals surface area (Å²) >= 11 is 0. The number of nitrogens with one attached hydrogen (secondary N) is 1. The van der Waals surface area contributed by atoms with E-state index in [1.807, 2.05) is 0 Å². The minimum atomic E-state index is -1.02. The molecule has 5 nitrogen and oxygen atoms in total. The van der Waals surface area contributed by atoms with Gasteiger partial charge in [0.05, 0.1) is 0 Å². The van der Waals surface area contributed by atoms with E-state index in [2.05, 4.69) is 9.97 Å². The van der Waals surface area contributed by atoms with Crippen molar-refractivity contribution in [2.24, 2.45) is 5.73 Å². The molecule has 0 aromatic carbocycles. The number of aromatic amines is 1. The number of imidazole rings is 1. The van der Waals surface area contributed by atoms with Crippen LogP contribution in [0.5, 0.6) is 0 Å². The predicted octanol–water partition coefficient (Wildman–Crippen LogP) is -0.391. The number of hydrogen-bond donors (Lipinski definition) is 3. The zero-order valence-electron chi connectivity index (χ0n) is 5.87. The minimum absolute atomic E-state index is 0.0356. The summed E-state index contributed by atoms with van der Waals surface area (Å²) in [5.41, 5.74) is 5.27. The predicted molar refractivity (Wildman–Crippen MR) is 38.3 cm³/mol. The molecule has 5 heteroatoms. The molecule has 11 heavy (non-hydrogen) atoms. The lowest BCUT2D eigenvalue weighted by atomic mass is 10.4. The molecule has 0 aliphatic carbocycles. The second-order valence-electron chi connectivity index (χ2n) is 2.08. The topological polar surface area (TPSA) is 92.0 Å². The van der Waals surface area contributed by atoms with Gasteiger partial charge in [-0.25, -0.2) is 9.78 Å². The summed E-state index contributed by atoms with van der Waals surface area (Å²) < 4.78 is 0. The number of carboxylic acid groups (broad SMARTS) is 1. The smallest absolute Gasteiger partial charge is 0.356 e. The summed E-state index contributed by atoms with van der Waals surface area (Å²) in [6, 6.07) is 0. The molecule has 0 fully saturated rings. The number of H-pyrrole nitrogens is 1. The molecule has 0 saturated heterocycles. The molecule has 1 aromatic heterocycles. The number of carboxylic acids is 1. The molecule has 0 aliphatic rings. The van der Waals surface area contributed by atoms with Crippen molar-refractivity contribution in [1.82, 2.24) is 9.97 Å². The first-order valence-corrected chi connectivity index (χ1v) is 3.21. The summed E-state index contributed by atoms with van der Waals surface area (Å²) in [6.45, 7) is 0.465. The van der Waals surface area contributed by atoms with Crippen LogP contribution in [-0.4, -0.2) is 27.6 Å². The van der Waals surface area contributed by atoms with E-state index in [4.69, 9.17) is 10.8 Å². The molecule has 0 aliphatic heterocycles. The minimum Gasteiger partial charge on any atom is -0.476 e. The molecule has 1 aromatic rings. The molecular weight excluding hydrogens is 146 g/mol. The number of hydrogen-bond acceptors (Lipinski definition) is 3. The van der Waals surface area contributed by atoms with Crippen LogP contribution in [0, 0.1) is 0 Å². The van der Waals surface area contributed by atoms with Crippen LogP contribution in [0.3, 0.4) is 0 Å². The third-order valence-corrected chi connectivity index (χ3v) is 1.23. The Bertz CT molecular complexity index is 256. The fraction of sp³-hybridized carbons (Fsp3) is 0.333. The van der Waals surface area contributed by atoms with E-state index in [-0.39, 0.29) is 5.69 Å². The van der Waals surface area contributed by atoms with Crippen LogP contribution in [0.15, 0.2) is 6.20 Å². The van der Waals surface area contributed by atoms with Crippen molar-refractivity contribution in [3.05, 3.63) is 17.7 Å². The van der Waals surface area contributed by atoms with Gasteiger partial charge in [0.2, 0.25) is 0 Å². The van der Waals surface area contributed by atoms with E-state index in [1.165, 1.54) is 6.20 Å². The SMILES string of the molecule is NCCc1nc(C(=O)O)c[nH]1. The summed E-state index contributed by atoms with van der Waals surface area (Å²) in [5, 5.41) is 8.45. The lowest BCUT2D eigenvalue weighted by Crippen LogP contribution is -2.04. The van der Waals surface area contributed by atoms with Crippen LogP contribution in [0.4, 0.5) is 0 Å². The van der Waals surface area contributed by atoms with Crippen molar-refractivity contribution >= 4 is 5.97 Å². The standard InChI is InChI=1S/C6H9N3O2/c7-2-1-5-8-3-4(9-5)6(10)11/h3H,1-2,7H2,(H,8,9)(H,10,11). The van der Waals surface area contributed by atoms with Gasteiger partial charge in [-0.2, -0.15) is 0 Å². The third kappa shape index (κ3) is 1.78. The fourth-order valence-corrected chi connectivity index (χ4v) is 0.736. The maximum atomic E-state index is 10.3. The number of carbonyl (C=O) groups is 1. The van der Waals surface area contributed by atoms with Crippen LogP contribution < -0.4 is 5.73 Å². The van der Waals surface area contributed by atoms with Gasteiger partial charge >= 0.3 is 5.97 Å². The van der Waals surface area contributed by atoms with Gasteiger partial charge in [0, 0.05) is 12.6 Å². The van der Waals surface area contributed by atoms with Crippen LogP contribution in [0.1, 0.15) is 16.3 Å². The van der Waals surface area contributed by atoms with Gasteiger partial charge < -0.3 is 15.8 Å². The molecule has 0 spiro atoms. The highest BCUT2D eigenvalue weighted by Crippen LogP contribution is 1.96. The number of aromatic carboxylic acids is 1. The Kier molecular flexibility index (Phi) is 2.22. The van der Waals surface area contributed by atoms with E-state index in [9.17, 15) is 4.79 Å². The Morgan fingerprint density at radius 2 is 2.55 bits per heavy atom. The van der Waals surface area contributed by atoms with Gasteiger partial charge in [-0.05, 0) is 6.54 Å². The van der Waals surface area contributed by atoms with Crippen LogP contribution in [-0.2, 0) is 6.42 Å². The molecule has 0 unspecified atom stereocenters. The Balaban J connectivity index is 2.73. The third-order valence-electron chi connectivity index (χ3n) is 1.23. The second kappa shape index (κ2) is 3.16. The maximum absolute atomic E-state index is 10.3. The number of aromatic nitrogens is 2. The van der Waals surface area contributed by atoms with Crippen molar-refractivity contribution in [1.29, 1.82) is 0 Å². The molecule has 1 heterocycles. The Morgan fingerprint density at radius 1 is 1.82 bits per heavy atom. The van der Waals surface area contributed by atoms with E-state index in [0.29, 0.717) is 18.8 Å². The molecule has 0 saturated carbocycles. The van der Waals surface area contributed by atoms with Gasteiger partial charge in [0.1, 0.15) is 5.82 Å². The number of nitrogens with two attached hydrogens (primary N) is 1. The normalized spacial score (nSPS) is 9.91. The Hall–Kier alpha value is -1.36. The highest BCUT2D eigenvalue weighted by atomic mass is 16.4. The lowest BCUT2D eigenvalue weighted by Gasteiger charge is -1.87. The van der Waals surface area contributed by atoms with E-state index < -0.39 is 5.97 Å². The van der Waals surface area contributed by atoms with Gasteiger partial charge in [-0.15, -0.1) is 0 Å². The van der Waals surface area contributed by atoms with E-state index >= 15 is 0 Å². The zero-order valence-corrected chi connectivity index (χ0v) is 5.87. The highest BCUT2D eigenvalue weighted by Gasteiger charge is 2.06. The zero-order chi connectivity index (χ0) is 8.27. The molecule has 0 amide bonds. The first kappa shape index (κ1) is 7.74. The van der Waals surface area contributed by atoms with E-state index in [1.54, 1.807) is 0 Å². The number of nitrogens with zero attached hydrogens (tertiary/aromatic N) is 1. The van der Waals surface area contributed by atoms with Gasteiger partial charge in [-0.1, -0.05) is 0 Å². The summed E-state index contributed by atoms with van der Waals surface area (Å²) in [7, 11) is 0. The van der Waals surface area contributed by atoms with Gasteiger partial charge in [-0.3, -0.25) is 0 Å². The van der Waals surface area contributed by atoms with Crippen LogP contribution in [0.25, 0.3) is 0 Å². The monoisotopic (exact) mass is 155 g/mol. The lowest BCUT2D eigenvalue weighted by molar-refractivity contribution is 0.0691. The molecule has 4 N–H and O–H groups in total. The molecule has 1 rings (SSSR count). The first-order chi connectivity index (χ1) is 5.24. The maximum Gasteiger partial charge on any atom is 0.356 e. The fourth-order valence-electron chi connectivity index (χ4n) is 0.736. The van der Waals surface area contributed by atoms with Gasteiger partial charge in [0.25, 0.3) is 0 Å². The number of rotatable bonds is 3. The van der Waals surface area contributed by atoms with Crippen molar-refractivity contribution in [2.45, 2.75) is 6.42 Å². The molecular formula is C6H9N3O2. The van der Waals surface area contributed by atoms with Gasteiger partial charge in [0.15, 0.2) is 5.69 Å². The van der Waals surface area contributed by atoms with Crippen molar-refractivity contribution in [3.63, 3.8) is 0 Å². The van der Waals surface area contributed by atoms with Crippen molar-refractivity contribution in [3.8, 4) is 0 Å². The van der Waals surface area contributed by atoms with Crippen molar-refractivity contribution in [2.75, 3.05) is 6.54 Å². The molecule has 0 atom stereocenters. The quantitative estimate of drug-likeness (QED) is 0.554. The average molecular weight is 155 g/mol. The van der Waals surface area contributed by atoms with Crippen LogP contribution >= 0.6 is 0 Å². The van der Waals surface area contributed by atoms with E-state index in [0.717, 1.165) is 0 Å². The van der Waals surface area contributed by atoms with Crippen molar-refractivity contribution < 1.29 is 9.90 Å². The Morgan fingerprint density at radius 3 is 3.00 bits per heavy atom. The summed E-state index contributed by atoms with van der Waals surface area (Å²) in [6.07, 6.45) is 1.93.